The van der Waals surface area contributed by atoms with Gasteiger partial charge < -0.3 is 9.15 Å². The summed E-state index contributed by atoms with van der Waals surface area (Å²) >= 11 is 0. The molecule has 1 aromatic carbocycles. The lowest BCUT2D eigenvalue weighted by atomic mass is 10.3. The number of aromatic nitrogens is 1. The summed E-state index contributed by atoms with van der Waals surface area (Å²) in [4.78, 5) is 3.99. The van der Waals surface area contributed by atoms with Gasteiger partial charge in [-0.2, -0.15) is 4.98 Å². The maximum absolute atomic E-state index is 11.7. The van der Waals surface area contributed by atoms with Crippen LogP contribution < -0.4 is 4.74 Å². The number of hydrogen-bond donors (Lipinski definition) is 0. The van der Waals surface area contributed by atoms with Gasteiger partial charge in [0.05, 0.1) is 0 Å². The van der Waals surface area contributed by atoms with Crippen molar-refractivity contribution in [2.45, 2.75) is 0 Å². The number of halogens is 1. The topological polar surface area (TPSA) is 35.3 Å². The lowest BCUT2D eigenvalue weighted by molar-refractivity contribution is 0.213. The van der Waals surface area contributed by atoms with E-state index in [0.717, 1.165) is 5.52 Å². The molecule has 4 heteroatoms. The minimum absolute atomic E-state index is 0.0210. The Morgan fingerprint density at radius 1 is 1.38 bits per heavy atom. The summed E-state index contributed by atoms with van der Waals surface area (Å²) in [6, 6.07) is 7.28. The van der Waals surface area contributed by atoms with Crippen LogP contribution in [0.25, 0.3) is 11.1 Å². The minimum atomic E-state index is -0.543. The Morgan fingerprint density at radius 3 is 3.00 bits per heavy atom. The van der Waals surface area contributed by atoms with Gasteiger partial charge in [0.2, 0.25) is 0 Å². The van der Waals surface area contributed by atoms with Crippen molar-refractivity contribution in [3.8, 4) is 6.08 Å². The number of rotatable bonds is 3. The predicted molar refractivity (Wildman–Crippen MR) is 45.5 cm³/mol. The summed E-state index contributed by atoms with van der Waals surface area (Å²) in [6.45, 7) is -0.564. The molecule has 0 amide bonds. The van der Waals surface area contributed by atoms with Crippen LogP contribution in [0.5, 0.6) is 6.08 Å². The number of hydrogen-bond acceptors (Lipinski definition) is 3. The van der Waals surface area contributed by atoms with Crippen LogP contribution in [0.4, 0.5) is 4.39 Å². The second kappa shape index (κ2) is 3.43. The third kappa shape index (κ3) is 1.61. The van der Waals surface area contributed by atoms with Crippen LogP contribution in [0, 0.1) is 0 Å². The molecule has 0 saturated carbocycles. The zero-order valence-electron chi connectivity index (χ0n) is 6.87. The second-order valence-corrected chi connectivity index (χ2v) is 2.48. The molecule has 0 N–H and O–H groups in total. The Hall–Kier alpha value is -1.58. The molecule has 0 fully saturated rings. The molecule has 2 aromatic rings. The van der Waals surface area contributed by atoms with Crippen LogP contribution in [-0.4, -0.2) is 18.3 Å². The Morgan fingerprint density at radius 2 is 2.23 bits per heavy atom. The van der Waals surface area contributed by atoms with E-state index in [-0.39, 0.29) is 12.7 Å². The number of fused-ring (bicyclic) bond motifs is 1. The lowest BCUT2D eigenvalue weighted by Crippen LogP contribution is -1.98. The maximum atomic E-state index is 11.7. The van der Waals surface area contributed by atoms with Gasteiger partial charge in [0.15, 0.2) is 5.58 Å². The van der Waals surface area contributed by atoms with Crippen LogP contribution in [0.3, 0.4) is 0 Å². The van der Waals surface area contributed by atoms with Gasteiger partial charge in [-0.1, -0.05) is 12.1 Å². The second-order valence-electron chi connectivity index (χ2n) is 2.48. The van der Waals surface area contributed by atoms with Gasteiger partial charge in [-0.3, -0.25) is 0 Å². The SMILES string of the molecule is FCCOc1nc2ccccc2o1. The molecule has 0 aliphatic carbocycles. The van der Waals surface area contributed by atoms with E-state index in [1.54, 1.807) is 12.1 Å². The Kier molecular flexibility index (Phi) is 2.12. The number of oxazole rings is 1. The van der Waals surface area contributed by atoms with E-state index >= 15 is 0 Å². The fraction of sp³-hybridized carbons (Fsp3) is 0.222. The van der Waals surface area contributed by atoms with E-state index in [2.05, 4.69) is 4.98 Å². The number of benzene rings is 1. The Labute approximate surface area is 74.1 Å². The number of para-hydroxylation sites is 2. The first-order chi connectivity index (χ1) is 6.40. The Bertz CT molecular complexity index is 366. The molecule has 0 atom stereocenters. The smallest absolute Gasteiger partial charge is 0.394 e. The van der Waals surface area contributed by atoms with Gasteiger partial charge >= 0.3 is 6.08 Å². The minimum Gasteiger partial charge on any atom is -0.447 e. The van der Waals surface area contributed by atoms with Gasteiger partial charge in [-0.05, 0) is 12.1 Å². The van der Waals surface area contributed by atoms with Crippen molar-refractivity contribution in [1.29, 1.82) is 0 Å². The third-order valence-electron chi connectivity index (χ3n) is 1.58. The molecular formula is C9H8FNO2. The zero-order chi connectivity index (χ0) is 9.10. The summed E-state index contributed by atoms with van der Waals surface area (Å²) in [5.41, 5.74) is 1.37. The number of nitrogens with zero attached hydrogens (tertiary/aromatic N) is 1. The molecule has 0 bridgehead atoms. The monoisotopic (exact) mass is 181 g/mol. The highest BCUT2D eigenvalue weighted by Crippen LogP contribution is 2.19. The highest BCUT2D eigenvalue weighted by Gasteiger charge is 2.04. The molecule has 0 spiro atoms. The molecule has 0 unspecified atom stereocenters. The highest BCUT2D eigenvalue weighted by atomic mass is 19.1. The summed E-state index contributed by atoms with van der Waals surface area (Å²) < 4.78 is 21.8. The van der Waals surface area contributed by atoms with E-state index in [1.165, 1.54) is 0 Å². The molecule has 0 aliphatic rings. The van der Waals surface area contributed by atoms with Crippen LogP contribution in [-0.2, 0) is 0 Å². The molecule has 2 rings (SSSR count). The number of ether oxygens (including phenoxy) is 1. The molecular weight excluding hydrogens is 173 g/mol. The average molecular weight is 181 g/mol. The lowest BCUT2D eigenvalue weighted by Gasteiger charge is -1.93. The van der Waals surface area contributed by atoms with E-state index in [4.69, 9.17) is 9.15 Å². The molecule has 1 aromatic heterocycles. The summed E-state index contributed by atoms with van der Waals surface area (Å²) in [6.07, 6.45) is 0.124. The molecule has 0 aliphatic heterocycles. The third-order valence-corrected chi connectivity index (χ3v) is 1.58. The van der Waals surface area contributed by atoms with Crippen LogP contribution in [0.15, 0.2) is 28.7 Å². The van der Waals surface area contributed by atoms with E-state index in [0.29, 0.717) is 5.58 Å². The van der Waals surface area contributed by atoms with Crippen molar-refractivity contribution in [1.82, 2.24) is 4.98 Å². The predicted octanol–water partition coefficient (Wildman–Crippen LogP) is 2.18. The van der Waals surface area contributed by atoms with Gasteiger partial charge in [-0.15, -0.1) is 0 Å². The molecule has 3 nitrogen and oxygen atoms in total. The van der Waals surface area contributed by atoms with Gasteiger partial charge in [-0.25, -0.2) is 4.39 Å². The maximum Gasteiger partial charge on any atom is 0.394 e. The van der Waals surface area contributed by atoms with Crippen molar-refractivity contribution in [3.05, 3.63) is 24.3 Å². The van der Waals surface area contributed by atoms with E-state index < -0.39 is 6.67 Å². The van der Waals surface area contributed by atoms with Crippen LogP contribution in [0.1, 0.15) is 0 Å². The van der Waals surface area contributed by atoms with E-state index in [9.17, 15) is 4.39 Å². The molecule has 0 saturated heterocycles. The van der Waals surface area contributed by atoms with Crippen LogP contribution >= 0.6 is 0 Å². The normalized spacial score (nSPS) is 10.5. The highest BCUT2D eigenvalue weighted by molar-refractivity contribution is 5.72. The molecule has 0 radical (unpaired) electrons. The first kappa shape index (κ1) is 8.04. The van der Waals surface area contributed by atoms with E-state index in [1.807, 2.05) is 12.1 Å². The summed E-state index contributed by atoms with van der Waals surface area (Å²) in [5.74, 6) is 0. The molecule has 1 heterocycles. The van der Waals surface area contributed by atoms with Gasteiger partial charge in [0.1, 0.15) is 18.8 Å². The first-order valence-corrected chi connectivity index (χ1v) is 3.94. The van der Waals surface area contributed by atoms with Crippen molar-refractivity contribution < 1.29 is 13.5 Å². The van der Waals surface area contributed by atoms with Crippen molar-refractivity contribution >= 4 is 11.1 Å². The average Bonchev–Trinajstić information content (AvgIpc) is 2.57. The van der Waals surface area contributed by atoms with Crippen molar-refractivity contribution in [3.63, 3.8) is 0 Å². The standard InChI is InChI=1S/C9H8FNO2/c10-5-6-12-9-11-7-3-1-2-4-8(7)13-9/h1-4H,5-6H2. The van der Waals surface area contributed by atoms with Crippen molar-refractivity contribution in [2.24, 2.45) is 0 Å². The number of alkyl halides is 1. The van der Waals surface area contributed by atoms with Gasteiger partial charge in [0, 0.05) is 0 Å². The van der Waals surface area contributed by atoms with Gasteiger partial charge in [0.25, 0.3) is 0 Å². The fourth-order valence-electron chi connectivity index (χ4n) is 1.04. The molecule has 68 valence electrons. The van der Waals surface area contributed by atoms with Crippen molar-refractivity contribution in [2.75, 3.05) is 13.3 Å². The fourth-order valence-corrected chi connectivity index (χ4v) is 1.04. The summed E-state index contributed by atoms with van der Waals surface area (Å²) in [7, 11) is 0. The Balaban J connectivity index is 2.28. The quantitative estimate of drug-likeness (QED) is 0.727. The van der Waals surface area contributed by atoms with Crippen LogP contribution in [0.2, 0.25) is 0 Å². The summed E-state index contributed by atoms with van der Waals surface area (Å²) in [5, 5.41) is 0. The molecule has 13 heavy (non-hydrogen) atoms. The first-order valence-electron chi connectivity index (χ1n) is 3.94. The zero-order valence-corrected chi connectivity index (χ0v) is 6.87. The largest absolute Gasteiger partial charge is 0.447 e.